The molecule has 2 amide bonds. The summed E-state index contributed by atoms with van der Waals surface area (Å²) in [6, 6.07) is 7.11. The van der Waals surface area contributed by atoms with Crippen LogP contribution >= 0.6 is 22.6 Å². The highest BCUT2D eigenvalue weighted by molar-refractivity contribution is 14.1. The second kappa shape index (κ2) is 19.6. The Hall–Kier alpha value is -1.65. The predicted octanol–water partition coefficient (Wildman–Crippen LogP) is 6.68. The number of nitrogens with one attached hydrogen (secondary N) is 1. The summed E-state index contributed by atoms with van der Waals surface area (Å²) in [5.74, 6) is 0.430. The van der Waals surface area contributed by atoms with Crippen molar-refractivity contribution in [2.24, 2.45) is 0 Å². The van der Waals surface area contributed by atoms with Crippen molar-refractivity contribution in [1.82, 2.24) is 10.2 Å². The summed E-state index contributed by atoms with van der Waals surface area (Å²) in [6.45, 7) is 2.23. The second-order valence-electron chi connectivity index (χ2n) is 12.0. The molecule has 1 saturated carbocycles. The number of ether oxygens (including phenoxy) is 1. The van der Waals surface area contributed by atoms with Gasteiger partial charge < -0.3 is 25.2 Å². The fraction of sp³-hybridized carbons (Fsp3) is 0.706. The van der Waals surface area contributed by atoms with Crippen LogP contribution in [-0.4, -0.2) is 64.4 Å². The average Bonchev–Trinajstić information content (AvgIpc) is 3.27. The van der Waals surface area contributed by atoms with Crippen LogP contribution in [0.4, 0.5) is 0 Å². The van der Waals surface area contributed by atoms with Crippen molar-refractivity contribution in [2.45, 2.75) is 140 Å². The number of benzene rings is 1. The third kappa shape index (κ3) is 11.1. The molecule has 3 atom stereocenters. The molecule has 0 radical (unpaired) electrons. The highest BCUT2D eigenvalue weighted by Gasteiger charge is 2.42. The van der Waals surface area contributed by atoms with Gasteiger partial charge in [0, 0.05) is 31.0 Å². The van der Waals surface area contributed by atoms with Crippen LogP contribution in [0.15, 0.2) is 35.9 Å². The first-order valence-electron chi connectivity index (χ1n) is 16.5. The number of carbonyl (C=O) groups is 2. The Kier molecular flexibility index (Phi) is 16.2. The van der Waals surface area contributed by atoms with Gasteiger partial charge >= 0.3 is 0 Å². The van der Waals surface area contributed by atoms with Crippen molar-refractivity contribution >= 4 is 34.4 Å². The fourth-order valence-corrected chi connectivity index (χ4v) is 6.86. The maximum absolute atomic E-state index is 14.0. The van der Waals surface area contributed by atoms with Gasteiger partial charge in [0.1, 0.15) is 18.0 Å². The summed E-state index contributed by atoms with van der Waals surface area (Å²) in [7, 11) is 0. The molecule has 236 valence electrons. The summed E-state index contributed by atoms with van der Waals surface area (Å²) in [4.78, 5) is 29.1. The van der Waals surface area contributed by atoms with Crippen molar-refractivity contribution in [1.29, 1.82) is 0 Å². The van der Waals surface area contributed by atoms with Crippen molar-refractivity contribution in [3.63, 3.8) is 0 Å². The van der Waals surface area contributed by atoms with E-state index in [4.69, 9.17) is 4.74 Å². The Balaban J connectivity index is 1.77. The Labute approximate surface area is 267 Å². The normalized spacial score (nSPS) is 21.3. The number of aliphatic hydroxyl groups is 2. The van der Waals surface area contributed by atoms with Crippen LogP contribution in [0, 0.1) is 3.57 Å². The van der Waals surface area contributed by atoms with Crippen LogP contribution in [0.2, 0.25) is 0 Å². The summed E-state index contributed by atoms with van der Waals surface area (Å²) in [5, 5.41) is 23.8. The first kappa shape index (κ1) is 34.8. The fourth-order valence-electron chi connectivity index (χ4n) is 6.35. The third-order valence-corrected chi connectivity index (χ3v) is 9.56. The van der Waals surface area contributed by atoms with Gasteiger partial charge in [-0.05, 0) is 60.1 Å². The molecule has 0 heterocycles. The molecular weight excluding hydrogens is 643 g/mol. The molecule has 7 nitrogen and oxygen atoms in total. The van der Waals surface area contributed by atoms with Gasteiger partial charge in [-0.2, -0.15) is 0 Å². The van der Waals surface area contributed by atoms with Gasteiger partial charge in [0.2, 0.25) is 11.8 Å². The second-order valence-corrected chi connectivity index (χ2v) is 13.1. The first-order chi connectivity index (χ1) is 20.5. The summed E-state index contributed by atoms with van der Waals surface area (Å²) in [5.41, 5.74) is 0.490. The van der Waals surface area contributed by atoms with E-state index in [-0.39, 0.29) is 37.4 Å². The van der Waals surface area contributed by atoms with E-state index in [2.05, 4.69) is 34.8 Å². The first-order valence-corrected chi connectivity index (χ1v) is 17.5. The van der Waals surface area contributed by atoms with Crippen molar-refractivity contribution in [2.75, 3.05) is 13.2 Å². The molecule has 42 heavy (non-hydrogen) atoms. The molecule has 0 unspecified atom stereocenters. The van der Waals surface area contributed by atoms with E-state index in [1.807, 2.05) is 29.2 Å². The van der Waals surface area contributed by atoms with Gasteiger partial charge in [0.05, 0.1) is 16.2 Å². The van der Waals surface area contributed by atoms with Gasteiger partial charge in [0.15, 0.2) is 0 Å². The molecule has 1 fully saturated rings. The number of amides is 2. The molecule has 1 aromatic carbocycles. The number of nitrogens with zero attached hydrogens (tertiary/aromatic N) is 1. The van der Waals surface area contributed by atoms with E-state index >= 15 is 0 Å². The lowest BCUT2D eigenvalue weighted by atomic mass is 9.86. The van der Waals surface area contributed by atoms with Crippen molar-refractivity contribution in [3.05, 3.63) is 39.5 Å². The van der Waals surface area contributed by atoms with Crippen LogP contribution < -0.4 is 10.1 Å². The lowest BCUT2D eigenvalue weighted by molar-refractivity contribution is -0.142. The number of hydrogen-bond donors (Lipinski definition) is 3. The molecule has 2 aliphatic rings. The maximum atomic E-state index is 14.0. The zero-order valence-electron chi connectivity index (χ0n) is 25.6. The van der Waals surface area contributed by atoms with Gasteiger partial charge in [-0.1, -0.05) is 96.1 Å². The molecule has 0 bridgehead atoms. The highest BCUT2D eigenvalue weighted by atomic mass is 127. The van der Waals surface area contributed by atoms with Crippen LogP contribution in [0.5, 0.6) is 5.75 Å². The number of unbranched alkanes of at least 4 members (excludes halogenated alkanes) is 8. The molecule has 1 aromatic rings. The van der Waals surface area contributed by atoms with Crippen molar-refractivity contribution < 1.29 is 24.5 Å². The minimum absolute atomic E-state index is 0.0515. The topological polar surface area (TPSA) is 99.1 Å². The van der Waals surface area contributed by atoms with Gasteiger partial charge in [-0.3, -0.25) is 9.59 Å². The lowest BCUT2D eigenvalue weighted by Crippen LogP contribution is -2.58. The molecule has 0 aromatic heterocycles. The Morgan fingerprint density at radius 3 is 2.26 bits per heavy atom. The smallest absolute Gasteiger partial charge is 0.247 e. The number of rotatable bonds is 17. The molecule has 0 saturated heterocycles. The third-order valence-electron chi connectivity index (χ3n) is 8.67. The van der Waals surface area contributed by atoms with Crippen LogP contribution in [-0.2, 0) is 9.59 Å². The van der Waals surface area contributed by atoms with Crippen molar-refractivity contribution in [3.8, 4) is 5.75 Å². The summed E-state index contributed by atoms with van der Waals surface area (Å²) < 4.78 is 7.22. The number of hydrogen-bond acceptors (Lipinski definition) is 5. The SMILES string of the molecule is CCCCCCCCCCCC(=O)N(C1CCCCCC1)[C@@H]1CC(C(=O)NCCO)=C[C@H](Oc2ccccc2I)[C@H]1O. The summed E-state index contributed by atoms with van der Waals surface area (Å²) in [6.07, 6.45) is 17.7. The quantitative estimate of drug-likeness (QED) is 0.0960. The monoisotopic (exact) mass is 696 g/mol. The molecule has 2 aliphatic carbocycles. The summed E-state index contributed by atoms with van der Waals surface area (Å²) >= 11 is 2.20. The molecule has 3 N–H and O–H groups in total. The van der Waals surface area contributed by atoms with Gasteiger partial charge in [0.25, 0.3) is 0 Å². The minimum Gasteiger partial charge on any atom is -0.482 e. The number of halogens is 1. The lowest BCUT2D eigenvalue weighted by Gasteiger charge is -2.44. The van der Waals surface area contributed by atoms with E-state index < -0.39 is 18.2 Å². The van der Waals surface area contributed by atoms with E-state index in [0.29, 0.717) is 17.7 Å². The molecule has 3 rings (SSSR count). The predicted molar refractivity (Wildman–Crippen MR) is 176 cm³/mol. The minimum atomic E-state index is -0.967. The number of para-hydroxylation sites is 1. The molecular formula is C34H53IN2O5. The molecule has 0 spiro atoms. The molecule has 0 aliphatic heterocycles. The highest BCUT2D eigenvalue weighted by Crippen LogP contribution is 2.33. The maximum Gasteiger partial charge on any atom is 0.247 e. The van der Waals surface area contributed by atoms with E-state index in [0.717, 1.165) is 61.4 Å². The zero-order valence-corrected chi connectivity index (χ0v) is 27.7. The number of aliphatic hydroxyl groups excluding tert-OH is 2. The van der Waals surface area contributed by atoms with E-state index in [1.54, 1.807) is 6.08 Å². The Bertz CT molecular complexity index is 978. The van der Waals surface area contributed by atoms with E-state index in [1.165, 1.54) is 38.5 Å². The Morgan fingerprint density at radius 1 is 0.976 bits per heavy atom. The van der Waals surface area contributed by atoms with Crippen LogP contribution in [0.25, 0.3) is 0 Å². The van der Waals surface area contributed by atoms with Gasteiger partial charge in [-0.25, -0.2) is 0 Å². The zero-order chi connectivity index (χ0) is 30.2. The average molecular weight is 697 g/mol. The van der Waals surface area contributed by atoms with E-state index in [9.17, 15) is 19.8 Å². The standard InChI is InChI=1S/C34H53IN2O5/c1-2-3-4-5-6-7-8-9-14-21-32(39)37(27-17-12-10-11-13-18-27)29-24-26(34(41)36-22-23-38)25-31(33(29)40)42-30-20-16-15-19-28(30)35/h15-16,19-20,25,27,29,31,33,38,40H,2-14,17-18,21-24H2,1H3,(H,36,41)/t29-,31+,33+/m1/s1. The van der Waals surface area contributed by atoms with Crippen LogP contribution in [0.3, 0.4) is 0 Å². The molecule has 8 heteroatoms. The largest absolute Gasteiger partial charge is 0.482 e. The van der Waals surface area contributed by atoms with Gasteiger partial charge in [-0.15, -0.1) is 0 Å². The number of carbonyl (C=O) groups excluding carboxylic acids is 2. The Morgan fingerprint density at radius 2 is 1.62 bits per heavy atom. The van der Waals surface area contributed by atoms with Crippen LogP contribution in [0.1, 0.15) is 116 Å².